The monoisotopic (exact) mass is 423 g/mol. The van der Waals surface area contributed by atoms with Gasteiger partial charge in [-0.3, -0.25) is 0 Å². The lowest BCUT2D eigenvalue weighted by Crippen LogP contribution is -2.38. The molecule has 0 N–H and O–H groups in total. The molecule has 1 saturated heterocycles. The Hall–Kier alpha value is -2.68. The molecule has 1 fully saturated rings. The van der Waals surface area contributed by atoms with Crippen LogP contribution in [-0.2, 0) is 14.8 Å². The largest absolute Gasteiger partial charge is 0.378 e. The van der Waals surface area contributed by atoms with Crippen molar-refractivity contribution >= 4 is 39.5 Å². The van der Waals surface area contributed by atoms with Crippen LogP contribution in [-0.4, -0.2) is 63.8 Å². The number of sulfonamides is 1. The van der Waals surface area contributed by atoms with Crippen LogP contribution < -0.4 is 14.1 Å². The van der Waals surface area contributed by atoms with Gasteiger partial charge in [-0.1, -0.05) is 23.7 Å². The maximum absolute atomic E-state index is 13.0. The number of halogens is 1. The number of nitrogens with zero attached hydrogens (tertiary/aromatic N) is 7. The number of hydrogen-bond acceptors (Lipinski definition) is 9. The second-order valence-electron chi connectivity index (χ2n) is 6.03. The SMILES string of the molecule is CN(C)c1nc(N2CCOCC2)nc(N(C#N)S(=O)(=O)c2ccccc2Cl)n1. The fraction of sp³-hybridized carbons (Fsp3) is 0.375. The van der Waals surface area contributed by atoms with Gasteiger partial charge in [0.15, 0.2) is 0 Å². The summed E-state index contributed by atoms with van der Waals surface area (Å²) in [5.41, 5.74) is 0. The molecule has 0 spiro atoms. The van der Waals surface area contributed by atoms with Crippen LogP contribution in [0, 0.1) is 11.5 Å². The number of nitriles is 1. The summed E-state index contributed by atoms with van der Waals surface area (Å²) >= 11 is 6.03. The Kier molecular flexibility index (Phi) is 5.83. The second-order valence-corrected chi connectivity index (χ2v) is 8.19. The number of ether oxygens (including phenoxy) is 1. The van der Waals surface area contributed by atoms with Crippen molar-refractivity contribution in [3.63, 3.8) is 0 Å². The topological polar surface area (TPSA) is 116 Å². The zero-order valence-corrected chi connectivity index (χ0v) is 16.9. The number of anilines is 3. The first-order chi connectivity index (χ1) is 13.3. The van der Waals surface area contributed by atoms with E-state index < -0.39 is 10.0 Å². The van der Waals surface area contributed by atoms with Crippen molar-refractivity contribution in [2.24, 2.45) is 0 Å². The molecule has 1 aliphatic heterocycles. The summed E-state index contributed by atoms with van der Waals surface area (Å²) in [7, 11) is -0.879. The van der Waals surface area contributed by atoms with E-state index in [1.165, 1.54) is 18.2 Å². The van der Waals surface area contributed by atoms with Crippen LogP contribution in [0.15, 0.2) is 29.2 Å². The van der Waals surface area contributed by atoms with E-state index in [4.69, 9.17) is 16.3 Å². The minimum Gasteiger partial charge on any atom is -0.378 e. The van der Waals surface area contributed by atoms with E-state index in [0.717, 1.165) is 0 Å². The molecule has 1 aromatic heterocycles. The number of hydrogen-bond donors (Lipinski definition) is 0. The highest BCUT2D eigenvalue weighted by molar-refractivity contribution is 7.93. The molecule has 12 heteroatoms. The van der Waals surface area contributed by atoms with Gasteiger partial charge >= 0.3 is 0 Å². The normalized spacial score (nSPS) is 14.4. The molecular formula is C16H18ClN7O3S. The minimum atomic E-state index is -4.30. The summed E-state index contributed by atoms with van der Waals surface area (Å²) in [6.45, 7) is 2.08. The van der Waals surface area contributed by atoms with Crippen LogP contribution in [0.5, 0.6) is 0 Å². The van der Waals surface area contributed by atoms with E-state index in [2.05, 4.69) is 15.0 Å². The fourth-order valence-electron chi connectivity index (χ4n) is 2.50. The molecule has 2 heterocycles. The summed E-state index contributed by atoms with van der Waals surface area (Å²) in [6, 6.07) is 5.87. The molecule has 10 nitrogen and oxygen atoms in total. The third kappa shape index (κ3) is 3.94. The highest BCUT2D eigenvalue weighted by Crippen LogP contribution is 2.27. The maximum atomic E-state index is 13.0. The highest BCUT2D eigenvalue weighted by Gasteiger charge is 2.31. The Bertz CT molecular complexity index is 1000. The third-order valence-corrected chi connectivity index (χ3v) is 6.00. The quantitative estimate of drug-likeness (QED) is 0.514. The Labute approximate surface area is 168 Å². The Balaban J connectivity index is 2.10. The van der Waals surface area contributed by atoms with Crippen molar-refractivity contribution in [1.82, 2.24) is 15.0 Å². The molecule has 0 saturated carbocycles. The van der Waals surface area contributed by atoms with E-state index in [0.29, 0.717) is 30.6 Å². The van der Waals surface area contributed by atoms with Crippen molar-refractivity contribution in [2.75, 3.05) is 54.5 Å². The standard InChI is InChI=1S/C16H18ClN7O3S/c1-22(2)14-19-15(23-7-9-27-10-8-23)21-16(20-14)24(11-18)28(25,26)13-6-4-3-5-12(13)17/h3-6H,7-10H2,1-2H3. The molecule has 0 amide bonds. The van der Waals surface area contributed by atoms with Crippen molar-refractivity contribution in [3.05, 3.63) is 29.3 Å². The van der Waals surface area contributed by atoms with Crippen LogP contribution in [0.2, 0.25) is 5.02 Å². The summed E-state index contributed by atoms with van der Waals surface area (Å²) in [5.74, 6) is 0.190. The summed E-state index contributed by atoms with van der Waals surface area (Å²) in [4.78, 5) is 16.0. The molecule has 0 radical (unpaired) electrons. The van der Waals surface area contributed by atoms with Crippen molar-refractivity contribution in [3.8, 4) is 6.19 Å². The smallest absolute Gasteiger partial charge is 0.281 e. The Morgan fingerprint density at radius 3 is 2.39 bits per heavy atom. The molecule has 0 aliphatic carbocycles. The minimum absolute atomic E-state index is 0.00181. The van der Waals surface area contributed by atoms with E-state index in [9.17, 15) is 13.7 Å². The van der Waals surface area contributed by atoms with E-state index >= 15 is 0 Å². The van der Waals surface area contributed by atoms with Crippen molar-refractivity contribution in [1.29, 1.82) is 5.26 Å². The maximum Gasteiger partial charge on any atom is 0.281 e. The van der Waals surface area contributed by atoms with Gasteiger partial charge < -0.3 is 14.5 Å². The second kappa shape index (κ2) is 8.14. The highest BCUT2D eigenvalue weighted by atomic mass is 35.5. The lowest BCUT2D eigenvalue weighted by Gasteiger charge is -2.28. The molecule has 28 heavy (non-hydrogen) atoms. The molecule has 1 aliphatic rings. The van der Waals surface area contributed by atoms with E-state index in [1.807, 2.05) is 4.90 Å². The lowest BCUT2D eigenvalue weighted by molar-refractivity contribution is 0.122. The Morgan fingerprint density at radius 2 is 1.79 bits per heavy atom. The van der Waals surface area contributed by atoms with Crippen LogP contribution in [0.3, 0.4) is 0 Å². The lowest BCUT2D eigenvalue weighted by atomic mass is 10.4. The first-order valence-electron chi connectivity index (χ1n) is 8.30. The zero-order chi connectivity index (χ0) is 20.3. The molecular weight excluding hydrogens is 406 g/mol. The first-order valence-corrected chi connectivity index (χ1v) is 10.1. The molecule has 0 atom stereocenters. The van der Waals surface area contributed by atoms with Crippen LogP contribution in [0.4, 0.5) is 17.8 Å². The van der Waals surface area contributed by atoms with Gasteiger partial charge in [-0.15, -0.1) is 4.31 Å². The van der Waals surface area contributed by atoms with E-state index in [-0.39, 0.29) is 27.8 Å². The van der Waals surface area contributed by atoms with Gasteiger partial charge in [0.25, 0.3) is 16.0 Å². The van der Waals surface area contributed by atoms with E-state index in [1.54, 1.807) is 31.3 Å². The van der Waals surface area contributed by atoms with Gasteiger partial charge in [-0.05, 0) is 12.1 Å². The Morgan fingerprint density at radius 1 is 1.14 bits per heavy atom. The molecule has 1 aromatic carbocycles. The fourth-order valence-corrected chi connectivity index (χ4v) is 4.09. The van der Waals surface area contributed by atoms with Gasteiger partial charge in [0.2, 0.25) is 18.1 Å². The number of aromatic nitrogens is 3. The predicted octanol–water partition coefficient (Wildman–Crippen LogP) is 1.10. The average molecular weight is 424 g/mol. The number of benzene rings is 1. The van der Waals surface area contributed by atoms with Gasteiger partial charge in [0.1, 0.15) is 4.90 Å². The molecule has 0 unspecified atom stereocenters. The van der Waals surface area contributed by atoms with Crippen LogP contribution in [0.1, 0.15) is 0 Å². The number of rotatable bonds is 5. The van der Waals surface area contributed by atoms with Gasteiger partial charge in [0.05, 0.1) is 18.2 Å². The van der Waals surface area contributed by atoms with Gasteiger partial charge in [0, 0.05) is 27.2 Å². The summed E-state index contributed by atoms with van der Waals surface area (Å²) < 4.78 is 31.8. The summed E-state index contributed by atoms with van der Waals surface area (Å²) in [5, 5.41) is 9.60. The van der Waals surface area contributed by atoms with Crippen LogP contribution >= 0.6 is 11.6 Å². The van der Waals surface area contributed by atoms with Crippen molar-refractivity contribution < 1.29 is 13.2 Å². The first kappa shape index (κ1) is 20.1. The zero-order valence-electron chi connectivity index (χ0n) is 15.3. The predicted molar refractivity (Wildman–Crippen MR) is 104 cm³/mol. The molecule has 148 valence electrons. The average Bonchev–Trinajstić information content (AvgIpc) is 2.69. The van der Waals surface area contributed by atoms with Crippen LogP contribution in [0.25, 0.3) is 0 Å². The van der Waals surface area contributed by atoms with Gasteiger partial charge in [-0.25, -0.2) is 0 Å². The number of morpholine rings is 1. The van der Waals surface area contributed by atoms with Gasteiger partial charge in [-0.2, -0.15) is 28.6 Å². The third-order valence-electron chi connectivity index (χ3n) is 3.92. The molecule has 2 aromatic rings. The summed E-state index contributed by atoms with van der Waals surface area (Å²) in [6.07, 6.45) is 1.65. The molecule has 0 bridgehead atoms. The van der Waals surface area contributed by atoms with Crippen molar-refractivity contribution in [2.45, 2.75) is 4.90 Å². The molecule has 3 rings (SSSR count).